The molecule has 0 heterocycles. The second kappa shape index (κ2) is 41.4. The minimum atomic E-state index is -0.775. The fourth-order valence-corrected chi connectivity index (χ4v) is 5.99. The maximum Gasteiger partial charge on any atom is 0.306 e. The molecule has 0 aromatic carbocycles. The van der Waals surface area contributed by atoms with E-state index >= 15 is 0 Å². The van der Waals surface area contributed by atoms with Gasteiger partial charge in [-0.25, -0.2) is 0 Å². The summed E-state index contributed by atoms with van der Waals surface area (Å²) in [5.41, 5.74) is 0. The van der Waals surface area contributed by atoms with E-state index in [0.29, 0.717) is 19.3 Å². The molecule has 6 heteroatoms. The van der Waals surface area contributed by atoms with E-state index in [4.69, 9.17) is 14.2 Å². The second-order valence-electron chi connectivity index (χ2n) is 14.6. The van der Waals surface area contributed by atoms with Gasteiger partial charge in [-0.05, 0) is 64.2 Å². The average Bonchev–Trinajstić information content (AvgIpc) is 3.14. The van der Waals surface area contributed by atoms with E-state index in [2.05, 4.69) is 57.2 Å². The number of rotatable bonds is 39. The van der Waals surface area contributed by atoms with Crippen LogP contribution in [0.15, 0.2) is 36.5 Å². The van der Waals surface area contributed by atoms with Gasteiger partial charge in [0.15, 0.2) is 6.10 Å². The Balaban J connectivity index is 4.39. The summed E-state index contributed by atoms with van der Waals surface area (Å²) >= 11 is 0. The summed E-state index contributed by atoms with van der Waals surface area (Å²) in [7, 11) is 0. The number of hydrogen-bond acceptors (Lipinski definition) is 6. The van der Waals surface area contributed by atoms with Crippen molar-refractivity contribution in [1.29, 1.82) is 0 Å². The standard InChI is InChI=1S/C46H82O6/c1-4-7-10-13-16-19-22-23-25-27-30-33-36-39-45(48)51-42-43(41-50-44(47)38-35-32-29-26-21-18-15-12-9-6-3)52-46(49)40-37-34-31-28-24-20-17-14-11-8-5-2/h10,13-14,17,19,22,43H,4-9,11-12,15-16,18,20-21,23-42H2,1-3H3/b13-10-,17-14-,22-19-. The van der Waals surface area contributed by atoms with Gasteiger partial charge in [0, 0.05) is 19.3 Å². The van der Waals surface area contributed by atoms with Crippen molar-refractivity contribution in [3.63, 3.8) is 0 Å². The van der Waals surface area contributed by atoms with Gasteiger partial charge >= 0.3 is 17.9 Å². The van der Waals surface area contributed by atoms with Crippen LogP contribution in [0.25, 0.3) is 0 Å². The minimum Gasteiger partial charge on any atom is -0.462 e. The molecule has 0 fully saturated rings. The first-order chi connectivity index (χ1) is 25.5. The largest absolute Gasteiger partial charge is 0.462 e. The topological polar surface area (TPSA) is 78.9 Å². The zero-order valence-electron chi connectivity index (χ0n) is 34.3. The first kappa shape index (κ1) is 49.6. The average molecular weight is 731 g/mol. The number of ether oxygens (including phenoxy) is 3. The van der Waals surface area contributed by atoms with Crippen LogP contribution in [-0.4, -0.2) is 37.2 Å². The molecule has 0 bridgehead atoms. The lowest BCUT2D eigenvalue weighted by molar-refractivity contribution is -0.167. The molecule has 0 rings (SSSR count). The van der Waals surface area contributed by atoms with E-state index < -0.39 is 6.10 Å². The Morgan fingerprint density at radius 1 is 0.385 bits per heavy atom. The molecule has 0 radical (unpaired) electrons. The molecule has 0 aliphatic rings. The SMILES string of the molecule is CCC/C=C\C/C=C\CCCCCCCC(=O)OCC(COC(=O)CCCCCCCCCCCC)OC(=O)CCCCCCC/C=C\CCCC. The highest BCUT2D eigenvalue weighted by molar-refractivity contribution is 5.71. The fourth-order valence-electron chi connectivity index (χ4n) is 5.99. The van der Waals surface area contributed by atoms with Gasteiger partial charge < -0.3 is 14.2 Å². The molecule has 0 spiro atoms. The Labute approximate surface area is 321 Å². The van der Waals surface area contributed by atoms with Crippen molar-refractivity contribution in [2.45, 2.75) is 226 Å². The van der Waals surface area contributed by atoms with Gasteiger partial charge in [-0.2, -0.15) is 0 Å². The Kier molecular flexibility index (Phi) is 39.5. The summed E-state index contributed by atoms with van der Waals surface area (Å²) in [6, 6.07) is 0. The van der Waals surface area contributed by atoms with Gasteiger partial charge in [0.2, 0.25) is 0 Å². The minimum absolute atomic E-state index is 0.0785. The van der Waals surface area contributed by atoms with Crippen molar-refractivity contribution < 1.29 is 28.6 Å². The Morgan fingerprint density at radius 3 is 1.21 bits per heavy atom. The van der Waals surface area contributed by atoms with Gasteiger partial charge in [-0.3, -0.25) is 14.4 Å². The molecule has 0 N–H and O–H groups in total. The molecule has 1 atom stereocenters. The van der Waals surface area contributed by atoms with Crippen LogP contribution in [0.4, 0.5) is 0 Å². The van der Waals surface area contributed by atoms with Crippen LogP contribution in [0.5, 0.6) is 0 Å². The molecule has 0 aromatic rings. The van der Waals surface area contributed by atoms with Crippen LogP contribution in [-0.2, 0) is 28.6 Å². The number of carbonyl (C=O) groups is 3. The lowest BCUT2D eigenvalue weighted by Gasteiger charge is -2.18. The number of hydrogen-bond donors (Lipinski definition) is 0. The van der Waals surface area contributed by atoms with E-state index in [-0.39, 0.29) is 31.1 Å². The predicted octanol–water partition coefficient (Wildman–Crippen LogP) is 13.8. The highest BCUT2D eigenvalue weighted by Crippen LogP contribution is 2.14. The van der Waals surface area contributed by atoms with Crippen molar-refractivity contribution in [3.05, 3.63) is 36.5 Å². The first-order valence-electron chi connectivity index (χ1n) is 22.0. The van der Waals surface area contributed by atoms with Crippen molar-refractivity contribution >= 4 is 17.9 Å². The van der Waals surface area contributed by atoms with Gasteiger partial charge in [-0.15, -0.1) is 0 Å². The Hall–Kier alpha value is -2.37. The summed E-state index contributed by atoms with van der Waals surface area (Å²) in [5.74, 6) is -0.906. The van der Waals surface area contributed by atoms with Crippen LogP contribution in [0.3, 0.4) is 0 Å². The third-order valence-corrected chi connectivity index (χ3v) is 9.35. The van der Waals surface area contributed by atoms with E-state index in [1.807, 2.05) is 0 Å². The third-order valence-electron chi connectivity index (χ3n) is 9.35. The first-order valence-corrected chi connectivity index (χ1v) is 22.0. The lowest BCUT2D eigenvalue weighted by Crippen LogP contribution is -2.30. The van der Waals surface area contributed by atoms with Crippen molar-refractivity contribution in [3.8, 4) is 0 Å². The molecule has 0 amide bonds. The quantitative estimate of drug-likeness (QED) is 0.0271. The molecule has 0 saturated carbocycles. The zero-order valence-corrected chi connectivity index (χ0v) is 34.3. The lowest BCUT2D eigenvalue weighted by atomic mass is 10.1. The van der Waals surface area contributed by atoms with Crippen molar-refractivity contribution in [1.82, 2.24) is 0 Å². The van der Waals surface area contributed by atoms with E-state index in [0.717, 1.165) is 96.3 Å². The van der Waals surface area contributed by atoms with E-state index in [9.17, 15) is 14.4 Å². The van der Waals surface area contributed by atoms with Crippen molar-refractivity contribution in [2.75, 3.05) is 13.2 Å². The summed E-state index contributed by atoms with van der Waals surface area (Å²) in [6.07, 6.45) is 45.5. The van der Waals surface area contributed by atoms with Crippen LogP contribution in [0.2, 0.25) is 0 Å². The summed E-state index contributed by atoms with van der Waals surface area (Å²) in [5, 5.41) is 0. The third kappa shape index (κ3) is 38.9. The van der Waals surface area contributed by atoms with Gasteiger partial charge in [0.25, 0.3) is 0 Å². The fraction of sp³-hybridized carbons (Fsp3) is 0.804. The molecule has 6 nitrogen and oxygen atoms in total. The molecule has 52 heavy (non-hydrogen) atoms. The van der Waals surface area contributed by atoms with Crippen LogP contribution in [0.1, 0.15) is 220 Å². The monoisotopic (exact) mass is 731 g/mol. The van der Waals surface area contributed by atoms with Gasteiger partial charge in [0.05, 0.1) is 0 Å². The van der Waals surface area contributed by atoms with Crippen LogP contribution < -0.4 is 0 Å². The molecular formula is C46H82O6. The van der Waals surface area contributed by atoms with Crippen molar-refractivity contribution in [2.24, 2.45) is 0 Å². The second-order valence-corrected chi connectivity index (χ2v) is 14.6. The Bertz CT molecular complexity index is 891. The molecule has 0 saturated heterocycles. The zero-order chi connectivity index (χ0) is 38.0. The van der Waals surface area contributed by atoms with Gasteiger partial charge in [0.1, 0.15) is 13.2 Å². The van der Waals surface area contributed by atoms with E-state index in [1.165, 1.54) is 83.5 Å². The number of carbonyl (C=O) groups excluding carboxylic acids is 3. The molecule has 1 unspecified atom stereocenters. The predicted molar refractivity (Wildman–Crippen MR) is 219 cm³/mol. The van der Waals surface area contributed by atoms with Crippen LogP contribution in [0, 0.1) is 0 Å². The molecule has 302 valence electrons. The maximum atomic E-state index is 12.7. The number of allylic oxidation sites excluding steroid dienone is 6. The molecule has 0 aliphatic heterocycles. The highest BCUT2D eigenvalue weighted by atomic mass is 16.6. The maximum absolute atomic E-state index is 12.7. The summed E-state index contributed by atoms with van der Waals surface area (Å²) in [6.45, 7) is 6.49. The van der Waals surface area contributed by atoms with Crippen LogP contribution >= 0.6 is 0 Å². The summed E-state index contributed by atoms with van der Waals surface area (Å²) < 4.78 is 16.6. The number of unbranched alkanes of at least 4 members (excludes halogenated alkanes) is 22. The smallest absolute Gasteiger partial charge is 0.306 e. The van der Waals surface area contributed by atoms with E-state index in [1.54, 1.807) is 0 Å². The normalized spacial score (nSPS) is 12.3. The molecule has 0 aliphatic carbocycles. The van der Waals surface area contributed by atoms with Gasteiger partial charge in [-0.1, -0.05) is 173 Å². The number of esters is 3. The summed E-state index contributed by atoms with van der Waals surface area (Å²) in [4.78, 5) is 37.6. The molecule has 0 aromatic heterocycles. The molecular weight excluding hydrogens is 648 g/mol. The Morgan fingerprint density at radius 2 is 0.750 bits per heavy atom. The highest BCUT2D eigenvalue weighted by Gasteiger charge is 2.19.